The lowest BCUT2D eigenvalue weighted by Gasteiger charge is -2.19. The van der Waals surface area contributed by atoms with Crippen LogP contribution in [-0.2, 0) is 0 Å². The molecule has 1 heteroatoms. The zero-order valence-electron chi connectivity index (χ0n) is 12.7. The van der Waals surface area contributed by atoms with E-state index in [1.807, 2.05) is 0 Å². The maximum absolute atomic E-state index is 5.10. The van der Waals surface area contributed by atoms with Gasteiger partial charge in [-0.15, -0.1) is 0 Å². The first-order valence-electron chi connectivity index (χ1n) is 8.42. The summed E-state index contributed by atoms with van der Waals surface area (Å²) in [6.07, 6.45) is 17.6. The van der Waals surface area contributed by atoms with E-state index >= 15 is 0 Å². The van der Waals surface area contributed by atoms with Crippen molar-refractivity contribution in [1.29, 1.82) is 0 Å². The molecule has 1 saturated carbocycles. The Morgan fingerprint density at radius 3 is 1.89 bits per heavy atom. The fraction of sp³-hybridized carbons (Fsp3) is 0.941. The molecule has 0 unspecified atom stereocenters. The van der Waals surface area contributed by atoms with E-state index in [4.69, 9.17) is 4.99 Å². The van der Waals surface area contributed by atoms with Gasteiger partial charge in [-0.1, -0.05) is 58.8 Å². The molecule has 0 amide bonds. The first-order valence-corrected chi connectivity index (χ1v) is 8.42. The van der Waals surface area contributed by atoms with Crippen molar-refractivity contribution in [2.75, 3.05) is 0 Å². The van der Waals surface area contributed by atoms with E-state index in [0.717, 1.165) is 0 Å². The van der Waals surface area contributed by atoms with Crippen LogP contribution >= 0.6 is 0 Å². The van der Waals surface area contributed by atoms with E-state index < -0.39 is 0 Å². The van der Waals surface area contributed by atoms with Crippen LogP contribution in [0.5, 0.6) is 0 Å². The number of rotatable bonds is 9. The molecule has 1 fully saturated rings. The van der Waals surface area contributed by atoms with Gasteiger partial charge in [0.2, 0.25) is 0 Å². The third-order valence-electron chi connectivity index (χ3n) is 4.08. The fourth-order valence-corrected chi connectivity index (χ4v) is 2.88. The predicted octanol–water partition coefficient (Wildman–Crippen LogP) is 5.92. The number of hydrogen-bond donors (Lipinski definition) is 0. The molecule has 1 rings (SSSR count). The first kappa shape index (κ1) is 15.7. The van der Waals surface area contributed by atoms with E-state index in [0.29, 0.717) is 6.04 Å². The van der Waals surface area contributed by atoms with E-state index in [1.54, 1.807) is 5.71 Å². The highest BCUT2D eigenvalue weighted by atomic mass is 14.8. The summed E-state index contributed by atoms with van der Waals surface area (Å²) in [7, 11) is 0. The molecule has 0 bridgehead atoms. The third-order valence-corrected chi connectivity index (χ3v) is 4.08. The minimum Gasteiger partial charge on any atom is -0.291 e. The molecule has 1 aliphatic rings. The van der Waals surface area contributed by atoms with Crippen LogP contribution in [0.2, 0.25) is 0 Å². The van der Waals surface area contributed by atoms with Crippen LogP contribution in [0.3, 0.4) is 0 Å². The Morgan fingerprint density at radius 2 is 1.39 bits per heavy atom. The SMILES string of the molecule is CCCCCC(CCCCC)=NC1CCCCC1. The van der Waals surface area contributed by atoms with Gasteiger partial charge in [0.1, 0.15) is 0 Å². The largest absolute Gasteiger partial charge is 0.291 e. The summed E-state index contributed by atoms with van der Waals surface area (Å²) < 4.78 is 0. The van der Waals surface area contributed by atoms with Crippen LogP contribution in [0, 0.1) is 0 Å². The minimum atomic E-state index is 0.678. The zero-order chi connectivity index (χ0) is 13.1. The van der Waals surface area contributed by atoms with Crippen molar-refractivity contribution in [2.24, 2.45) is 4.99 Å². The molecule has 1 aliphatic carbocycles. The molecule has 0 atom stereocenters. The highest BCUT2D eigenvalue weighted by Gasteiger charge is 2.12. The molecule has 0 radical (unpaired) electrons. The molecule has 0 saturated heterocycles. The average molecular weight is 251 g/mol. The Bertz CT molecular complexity index is 202. The molecule has 1 nitrogen and oxygen atoms in total. The average Bonchev–Trinajstić information content (AvgIpc) is 2.40. The zero-order valence-corrected chi connectivity index (χ0v) is 12.7. The van der Waals surface area contributed by atoms with Gasteiger partial charge in [0, 0.05) is 11.8 Å². The summed E-state index contributed by atoms with van der Waals surface area (Å²) >= 11 is 0. The molecular weight excluding hydrogens is 218 g/mol. The van der Waals surface area contributed by atoms with Gasteiger partial charge in [0.15, 0.2) is 0 Å². The summed E-state index contributed by atoms with van der Waals surface area (Å²) in [5.41, 5.74) is 1.55. The predicted molar refractivity (Wildman–Crippen MR) is 82.6 cm³/mol. The standard InChI is InChI=1S/C17H33N/c1-3-5-8-12-16(13-9-6-4-2)18-17-14-10-7-11-15-17/h17H,3-15H2,1-2H3. The van der Waals surface area contributed by atoms with E-state index in [9.17, 15) is 0 Å². The molecule has 0 aliphatic heterocycles. The molecular formula is C17H33N. The van der Waals surface area contributed by atoms with Crippen molar-refractivity contribution in [2.45, 2.75) is 103 Å². The van der Waals surface area contributed by atoms with Crippen molar-refractivity contribution < 1.29 is 0 Å². The minimum absolute atomic E-state index is 0.678. The van der Waals surface area contributed by atoms with Crippen LogP contribution in [0.1, 0.15) is 97.3 Å². The number of aliphatic imine (C=N–C) groups is 1. The topological polar surface area (TPSA) is 12.4 Å². The van der Waals surface area contributed by atoms with E-state index in [1.165, 1.54) is 83.5 Å². The van der Waals surface area contributed by atoms with Gasteiger partial charge in [-0.2, -0.15) is 0 Å². The number of nitrogens with zero attached hydrogens (tertiary/aromatic N) is 1. The lowest BCUT2D eigenvalue weighted by Crippen LogP contribution is -2.13. The quantitative estimate of drug-likeness (QED) is 0.356. The molecule has 0 heterocycles. The van der Waals surface area contributed by atoms with E-state index in [-0.39, 0.29) is 0 Å². The Balaban J connectivity index is 2.37. The summed E-state index contributed by atoms with van der Waals surface area (Å²) in [6, 6.07) is 0.678. The second-order valence-electron chi connectivity index (χ2n) is 5.90. The Morgan fingerprint density at radius 1 is 0.833 bits per heavy atom. The second kappa shape index (κ2) is 10.6. The summed E-state index contributed by atoms with van der Waals surface area (Å²) in [4.78, 5) is 5.10. The fourth-order valence-electron chi connectivity index (χ4n) is 2.88. The maximum atomic E-state index is 5.10. The van der Waals surface area contributed by atoms with Gasteiger partial charge < -0.3 is 0 Å². The van der Waals surface area contributed by atoms with Gasteiger partial charge in [0.05, 0.1) is 0 Å². The molecule has 0 spiro atoms. The van der Waals surface area contributed by atoms with Crippen LogP contribution < -0.4 is 0 Å². The van der Waals surface area contributed by atoms with Crippen molar-refractivity contribution >= 4 is 5.71 Å². The van der Waals surface area contributed by atoms with Gasteiger partial charge in [0.25, 0.3) is 0 Å². The highest BCUT2D eigenvalue weighted by molar-refractivity contribution is 5.84. The van der Waals surface area contributed by atoms with Gasteiger partial charge in [-0.3, -0.25) is 4.99 Å². The lowest BCUT2D eigenvalue weighted by molar-refractivity contribution is 0.442. The van der Waals surface area contributed by atoms with Gasteiger partial charge in [-0.05, 0) is 38.5 Å². The molecule has 0 N–H and O–H groups in total. The van der Waals surface area contributed by atoms with Crippen LogP contribution in [0.4, 0.5) is 0 Å². The molecule has 0 aromatic carbocycles. The van der Waals surface area contributed by atoms with E-state index in [2.05, 4.69) is 13.8 Å². The molecule has 18 heavy (non-hydrogen) atoms. The van der Waals surface area contributed by atoms with Crippen LogP contribution in [0.25, 0.3) is 0 Å². The highest BCUT2D eigenvalue weighted by Crippen LogP contribution is 2.21. The Kier molecular flexibility index (Phi) is 9.24. The summed E-state index contributed by atoms with van der Waals surface area (Å²) in [5.74, 6) is 0. The van der Waals surface area contributed by atoms with Crippen LogP contribution in [-0.4, -0.2) is 11.8 Å². The van der Waals surface area contributed by atoms with Gasteiger partial charge >= 0.3 is 0 Å². The first-order chi connectivity index (χ1) is 8.86. The number of unbranched alkanes of at least 4 members (excludes halogenated alkanes) is 4. The molecule has 0 aromatic rings. The monoisotopic (exact) mass is 251 g/mol. The number of hydrogen-bond acceptors (Lipinski definition) is 1. The second-order valence-corrected chi connectivity index (χ2v) is 5.90. The smallest absolute Gasteiger partial charge is 0.0499 e. The normalized spacial score (nSPS) is 16.8. The summed E-state index contributed by atoms with van der Waals surface area (Å²) in [6.45, 7) is 4.57. The lowest BCUT2D eigenvalue weighted by atomic mass is 9.95. The Labute approximate surface area is 114 Å². The molecule has 106 valence electrons. The maximum Gasteiger partial charge on any atom is 0.0499 e. The summed E-state index contributed by atoms with van der Waals surface area (Å²) in [5, 5.41) is 0. The Hall–Kier alpha value is -0.330. The van der Waals surface area contributed by atoms with Gasteiger partial charge in [-0.25, -0.2) is 0 Å². The van der Waals surface area contributed by atoms with Crippen molar-refractivity contribution in [3.05, 3.63) is 0 Å². The molecule has 0 aromatic heterocycles. The van der Waals surface area contributed by atoms with Crippen molar-refractivity contribution in [3.8, 4) is 0 Å². The van der Waals surface area contributed by atoms with Crippen LogP contribution in [0.15, 0.2) is 4.99 Å². The third kappa shape index (κ3) is 7.18. The van der Waals surface area contributed by atoms with Crippen molar-refractivity contribution in [3.63, 3.8) is 0 Å². The van der Waals surface area contributed by atoms with Crippen molar-refractivity contribution in [1.82, 2.24) is 0 Å².